The molecule has 1 aromatic carbocycles. The number of rotatable bonds is 4. The lowest BCUT2D eigenvalue weighted by Gasteiger charge is -2.09. The molecule has 0 aliphatic heterocycles. The van der Waals surface area contributed by atoms with E-state index in [4.69, 9.17) is 10.2 Å². The Hall–Kier alpha value is -2.34. The highest BCUT2D eigenvalue weighted by Crippen LogP contribution is 2.16. The number of fused-ring (bicyclic) bond motifs is 1. The number of aromatic amines is 1. The van der Waals surface area contributed by atoms with Gasteiger partial charge in [0.05, 0.1) is 11.6 Å². The summed E-state index contributed by atoms with van der Waals surface area (Å²) in [6, 6.07) is 4.21. The molecule has 18 heavy (non-hydrogen) atoms. The van der Waals surface area contributed by atoms with E-state index < -0.39 is 11.8 Å². The molecule has 2 aromatic rings. The molecule has 2 rings (SSSR count). The Labute approximate surface area is 102 Å². The van der Waals surface area contributed by atoms with Crippen LogP contribution in [-0.4, -0.2) is 16.9 Å². The number of carbonyl (C=O) groups excluding carboxylic acids is 1. The molecule has 4 N–H and O–H groups in total. The van der Waals surface area contributed by atoms with Gasteiger partial charge in [0.2, 0.25) is 5.91 Å². The minimum Gasteiger partial charge on any atom is -0.408 e. The molecule has 0 saturated heterocycles. The summed E-state index contributed by atoms with van der Waals surface area (Å²) in [5.74, 6) is -0.836. The van der Waals surface area contributed by atoms with Crippen LogP contribution in [0.4, 0.5) is 5.69 Å². The fourth-order valence-electron chi connectivity index (χ4n) is 1.55. The van der Waals surface area contributed by atoms with Crippen molar-refractivity contribution in [3.63, 3.8) is 0 Å². The van der Waals surface area contributed by atoms with Gasteiger partial charge >= 0.3 is 5.76 Å². The number of anilines is 1. The molecule has 0 spiro atoms. The minimum absolute atomic E-state index is 0.305. The van der Waals surface area contributed by atoms with Crippen LogP contribution in [0.3, 0.4) is 0 Å². The van der Waals surface area contributed by atoms with E-state index in [1.807, 2.05) is 0 Å². The standard InChI is InChI=1S/C12H13N3O3/c1-2-3-8(13)11(16)14-7-4-5-10-9(6-7)15-12(17)18-10/h2,4-6,8H,1,3,13H2,(H,14,16)(H,15,17). The number of H-pyrrole nitrogens is 1. The molecule has 1 unspecified atom stereocenters. The summed E-state index contributed by atoms with van der Waals surface area (Å²) in [5, 5.41) is 2.65. The third-order valence-electron chi connectivity index (χ3n) is 2.44. The van der Waals surface area contributed by atoms with Gasteiger partial charge < -0.3 is 15.5 Å². The summed E-state index contributed by atoms with van der Waals surface area (Å²) in [4.78, 5) is 25.1. The number of hydrogen-bond donors (Lipinski definition) is 3. The van der Waals surface area contributed by atoms with Crippen LogP contribution < -0.4 is 16.8 Å². The van der Waals surface area contributed by atoms with E-state index >= 15 is 0 Å². The number of benzene rings is 1. The molecule has 0 aliphatic rings. The molecule has 1 heterocycles. The molecule has 0 radical (unpaired) electrons. The molecule has 1 aromatic heterocycles. The van der Waals surface area contributed by atoms with Crippen molar-refractivity contribution < 1.29 is 9.21 Å². The van der Waals surface area contributed by atoms with E-state index in [0.717, 1.165) is 0 Å². The van der Waals surface area contributed by atoms with E-state index in [9.17, 15) is 9.59 Å². The summed E-state index contributed by atoms with van der Waals surface area (Å²) in [5.41, 5.74) is 7.14. The van der Waals surface area contributed by atoms with Crippen LogP contribution in [-0.2, 0) is 4.79 Å². The lowest BCUT2D eigenvalue weighted by atomic mass is 10.2. The Bertz CT molecular complexity index is 641. The van der Waals surface area contributed by atoms with E-state index in [1.165, 1.54) is 0 Å². The molecular formula is C12H13N3O3. The molecule has 1 atom stereocenters. The van der Waals surface area contributed by atoms with Gasteiger partial charge in [0.15, 0.2) is 5.58 Å². The molecule has 0 aliphatic carbocycles. The highest BCUT2D eigenvalue weighted by molar-refractivity contribution is 5.96. The Balaban J connectivity index is 2.18. The lowest BCUT2D eigenvalue weighted by Crippen LogP contribution is -2.35. The second-order valence-electron chi connectivity index (χ2n) is 3.85. The van der Waals surface area contributed by atoms with Crippen LogP contribution in [0.2, 0.25) is 0 Å². The molecule has 0 saturated carbocycles. The van der Waals surface area contributed by atoms with Crippen molar-refractivity contribution in [1.29, 1.82) is 0 Å². The average molecular weight is 247 g/mol. The fraction of sp³-hybridized carbons (Fsp3) is 0.167. The lowest BCUT2D eigenvalue weighted by molar-refractivity contribution is -0.117. The number of aromatic nitrogens is 1. The second kappa shape index (κ2) is 4.89. The number of oxazole rings is 1. The zero-order chi connectivity index (χ0) is 13.1. The van der Waals surface area contributed by atoms with Gasteiger partial charge in [0.25, 0.3) is 0 Å². The monoisotopic (exact) mass is 247 g/mol. The van der Waals surface area contributed by atoms with Crippen LogP contribution in [0.5, 0.6) is 0 Å². The summed E-state index contributed by atoms with van der Waals surface area (Å²) in [6.07, 6.45) is 1.98. The Morgan fingerprint density at radius 3 is 3.11 bits per heavy atom. The SMILES string of the molecule is C=CCC(N)C(=O)Nc1ccc2oc(=O)[nH]c2c1. The predicted molar refractivity (Wildman–Crippen MR) is 68.3 cm³/mol. The second-order valence-corrected chi connectivity index (χ2v) is 3.85. The van der Waals surface area contributed by atoms with Crippen molar-refractivity contribution >= 4 is 22.7 Å². The maximum atomic E-state index is 11.7. The maximum Gasteiger partial charge on any atom is 0.417 e. The summed E-state index contributed by atoms with van der Waals surface area (Å²) in [6.45, 7) is 3.52. The van der Waals surface area contributed by atoms with E-state index in [0.29, 0.717) is 23.2 Å². The van der Waals surface area contributed by atoms with Crippen molar-refractivity contribution in [2.75, 3.05) is 5.32 Å². The first-order valence-corrected chi connectivity index (χ1v) is 5.40. The number of hydrogen-bond acceptors (Lipinski definition) is 4. The number of nitrogens with two attached hydrogens (primary N) is 1. The van der Waals surface area contributed by atoms with Crippen LogP contribution in [0.1, 0.15) is 6.42 Å². The zero-order valence-electron chi connectivity index (χ0n) is 9.60. The molecule has 0 fully saturated rings. The number of carbonyl (C=O) groups is 1. The summed E-state index contributed by atoms with van der Waals surface area (Å²) in [7, 11) is 0. The van der Waals surface area contributed by atoms with Gasteiger partial charge in [-0.2, -0.15) is 0 Å². The largest absolute Gasteiger partial charge is 0.417 e. The normalized spacial score (nSPS) is 12.3. The third kappa shape index (κ3) is 2.49. The quantitative estimate of drug-likeness (QED) is 0.700. The van der Waals surface area contributed by atoms with Gasteiger partial charge in [-0.1, -0.05) is 6.08 Å². The van der Waals surface area contributed by atoms with Crippen LogP contribution in [0.25, 0.3) is 11.1 Å². The van der Waals surface area contributed by atoms with Crippen LogP contribution in [0, 0.1) is 0 Å². The third-order valence-corrected chi connectivity index (χ3v) is 2.44. The smallest absolute Gasteiger partial charge is 0.408 e. The minimum atomic E-state index is -0.637. The van der Waals surface area contributed by atoms with Crippen molar-refractivity contribution in [3.8, 4) is 0 Å². The first-order valence-electron chi connectivity index (χ1n) is 5.40. The Morgan fingerprint density at radius 2 is 2.39 bits per heavy atom. The van der Waals surface area contributed by atoms with Crippen molar-refractivity contribution in [2.45, 2.75) is 12.5 Å². The van der Waals surface area contributed by atoms with Crippen molar-refractivity contribution in [2.24, 2.45) is 5.73 Å². The molecule has 6 heteroatoms. The van der Waals surface area contributed by atoms with Crippen molar-refractivity contribution in [1.82, 2.24) is 4.98 Å². The maximum absolute atomic E-state index is 11.7. The highest BCUT2D eigenvalue weighted by atomic mass is 16.4. The fourth-order valence-corrected chi connectivity index (χ4v) is 1.55. The van der Waals surface area contributed by atoms with Crippen molar-refractivity contribution in [3.05, 3.63) is 41.4 Å². The summed E-state index contributed by atoms with van der Waals surface area (Å²) < 4.78 is 4.85. The van der Waals surface area contributed by atoms with Crippen LogP contribution in [0.15, 0.2) is 40.1 Å². The van der Waals surface area contributed by atoms with Gasteiger partial charge in [-0.05, 0) is 24.6 Å². The molecule has 94 valence electrons. The highest BCUT2D eigenvalue weighted by Gasteiger charge is 2.12. The Kier molecular flexibility index (Phi) is 3.29. The molecule has 0 bridgehead atoms. The van der Waals surface area contributed by atoms with Crippen LogP contribution >= 0.6 is 0 Å². The van der Waals surface area contributed by atoms with E-state index in [1.54, 1.807) is 24.3 Å². The van der Waals surface area contributed by atoms with Gasteiger partial charge in [-0.15, -0.1) is 6.58 Å². The summed E-state index contributed by atoms with van der Waals surface area (Å²) >= 11 is 0. The molecule has 6 nitrogen and oxygen atoms in total. The zero-order valence-corrected chi connectivity index (χ0v) is 9.60. The topological polar surface area (TPSA) is 101 Å². The average Bonchev–Trinajstić information content (AvgIpc) is 2.68. The predicted octanol–water partition coefficient (Wildman–Crippen LogP) is 0.963. The number of nitrogens with one attached hydrogen (secondary N) is 2. The van der Waals surface area contributed by atoms with Gasteiger partial charge in [-0.3, -0.25) is 9.78 Å². The van der Waals surface area contributed by atoms with E-state index in [-0.39, 0.29) is 5.91 Å². The van der Waals surface area contributed by atoms with E-state index in [2.05, 4.69) is 16.9 Å². The first-order chi connectivity index (χ1) is 8.60. The van der Waals surface area contributed by atoms with Gasteiger partial charge in [0.1, 0.15) is 0 Å². The first kappa shape index (κ1) is 12.1. The Morgan fingerprint density at radius 1 is 1.61 bits per heavy atom. The molecular weight excluding hydrogens is 234 g/mol. The molecule has 1 amide bonds. The van der Waals surface area contributed by atoms with Gasteiger partial charge in [0, 0.05) is 5.69 Å². The van der Waals surface area contributed by atoms with Gasteiger partial charge in [-0.25, -0.2) is 4.79 Å². The number of amides is 1.